The first kappa shape index (κ1) is 22.2. The fourth-order valence-corrected chi connectivity index (χ4v) is 4.47. The van der Waals surface area contributed by atoms with Gasteiger partial charge in [0.1, 0.15) is 5.69 Å². The van der Waals surface area contributed by atoms with Crippen molar-refractivity contribution in [1.82, 2.24) is 9.47 Å². The van der Waals surface area contributed by atoms with Gasteiger partial charge in [0.25, 0.3) is 0 Å². The van der Waals surface area contributed by atoms with Crippen LogP contribution in [-0.2, 0) is 16.1 Å². The van der Waals surface area contributed by atoms with E-state index >= 15 is 0 Å². The standard InChI is InChI=1S/C22H34N2O4/c1-6-23(19(26)13-12-17-10-8-9-11-17)14-18(25)20-15(3)21(22(27)28-5)24(7-2)16(20)4/h17H,6-14H2,1-5H3. The smallest absolute Gasteiger partial charge is 0.354 e. The van der Waals surface area contributed by atoms with E-state index in [2.05, 4.69) is 0 Å². The maximum Gasteiger partial charge on any atom is 0.354 e. The quantitative estimate of drug-likeness (QED) is 0.473. The van der Waals surface area contributed by atoms with Crippen LogP contribution in [0.15, 0.2) is 0 Å². The Labute approximate surface area is 168 Å². The predicted molar refractivity (Wildman–Crippen MR) is 109 cm³/mol. The number of carbonyl (C=O) groups excluding carboxylic acids is 3. The second-order valence-electron chi connectivity index (χ2n) is 7.69. The molecule has 0 aliphatic heterocycles. The van der Waals surface area contributed by atoms with Crippen molar-refractivity contribution in [3.05, 3.63) is 22.5 Å². The summed E-state index contributed by atoms with van der Waals surface area (Å²) in [6, 6.07) is 0. The molecule has 0 radical (unpaired) electrons. The zero-order chi connectivity index (χ0) is 20.8. The van der Waals surface area contributed by atoms with E-state index in [0.717, 1.165) is 12.1 Å². The third kappa shape index (κ3) is 4.65. The van der Waals surface area contributed by atoms with E-state index in [-0.39, 0.29) is 18.2 Å². The summed E-state index contributed by atoms with van der Waals surface area (Å²) < 4.78 is 6.71. The first-order valence-electron chi connectivity index (χ1n) is 10.4. The van der Waals surface area contributed by atoms with Crippen LogP contribution in [0.5, 0.6) is 0 Å². The van der Waals surface area contributed by atoms with E-state index in [1.807, 2.05) is 25.3 Å². The lowest BCUT2D eigenvalue weighted by Crippen LogP contribution is -2.36. The number of esters is 1. The van der Waals surface area contributed by atoms with Gasteiger partial charge in [0.2, 0.25) is 5.91 Å². The summed E-state index contributed by atoms with van der Waals surface area (Å²) in [5.41, 5.74) is 2.33. The summed E-state index contributed by atoms with van der Waals surface area (Å²) in [5.74, 6) is 0.134. The molecule has 1 fully saturated rings. The molecule has 0 saturated heterocycles. The number of Topliss-reactive ketones (excluding diaryl/α,β-unsaturated/α-hetero) is 1. The van der Waals surface area contributed by atoms with Crippen LogP contribution < -0.4 is 0 Å². The predicted octanol–water partition coefficient (Wildman–Crippen LogP) is 3.91. The Balaban J connectivity index is 2.14. The molecule has 0 bridgehead atoms. The van der Waals surface area contributed by atoms with Crippen LogP contribution in [0.1, 0.15) is 84.5 Å². The topological polar surface area (TPSA) is 68.6 Å². The van der Waals surface area contributed by atoms with Crippen molar-refractivity contribution in [3.63, 3.8) is 0 Å². The van der Waals surface area contributed by atoms with Crippen LogP contribution in [0.3, 0.4) is 0 Å². The highest BCUT2D eigenvalue weighted by Gasteiger charge is 2.28. The molecular formula is C22H34N2O4. The van der Waals surface area contributed by atoms with Crippen molar-refractivity contribution in [3.8, 4) is 0 Å². The molecule has 0 atom stereocenters. The van der Waals surface area contributed by atoms with E-state index in [9.17, 15) is 14.4 Å². The van der Waals surface area contributed by atoms with E-state index in [0.29, 0.717) is 42.2 Å². The number of aromatic nitrogens is 1. The molecule has 1 aliphatic rings. The number of hydrogen-bond donors (Lipinski definition) is 0. The Morgan fingerprint density at radius 3 is 2.32 bits per heavy atom. The summed E-state index contributed by atoms with van der Waals surface area (Å²) >= 11 is 0. The molecule has 1 aromatic rings. The van der Waals surface area contributed by atoms with Crippen LogP contribution in [0.4, 0.5) is 0 Å². The van der Waals surface area contributed by atoms with Gasteiger partial charge in [-0.2, -0.15) is 0 Å². The summed E-state index contributed by atoms with van der Waals surface area (Å²) in [7, 11) is 1.34. The molecule has 0 aromatic carbocycles. The highest BCUT2D eigenvalue weighted by atomic mass is 16.5. The van der Waals surface area contributed by atoms with Gasteiger partial charge in [-0.05, 0) is 45.6 Å². The highest BCUT2D eigenvalue weighted by molar-refractivity contribution is 6.04. The summed E-state index contributed by atoms with van der Waals surface area (Å²) in [6.07, 6.45) is 6.40. The minimum absolute atomic E-state index is 0.0428. The van der Waals surface area contributed by atoms with E-state index < -0.39 is 5.97 Å². The molecular weight excluding hydrogens is 356 g/mol. The van der Waals surface area contributed by atoms with Crippen molar-refractivity contribution in [2.75, 3.05) is 20.2 Å². The fourth-order valence-electron chi connectivity index (χ4n) is 4.47. The van der Waals surface area contributed by atoms with Gasteiger partial charge >= 0.3 is 5.97 Å². The number of ketones is 1. The molecule has 2 rings (SSSR count). The average Bonchev–Trinajstić information content (AvgIpc) is 3.29. The van der Waals surface area contributed by atoms with Crippen LogP contribution >= 0.6 is 0 Å². The van der Waals surface area contributed by atoms with Gasteiger partial charge in [0, 0.05) is 30.8 Å². The van der Waals surface area contributed by atoms with E-state index in [1.54, 1.807) is 11.8 Å². The largest absolute Gasteiger partial charge is 0.464 e. The Hall–Kier alpha value is -2.11. The summed E-state index contributed by atoms with van der Waals surface area (Å²) in [5, 5.41) is 0. The number of methoxy groups -OCH3 is 1. The van der Waals surface area contributed by atoms with E-state index in [4.69, 9.17) is 4.74 Å². The van der Waals surface area contributed by atoms with Gasteiger partial charge in [-0.15, -0.1) is 0 Å². The lowest BCUT2D eigenvalue weighted by atomic mass is 10.0. The first-order chi connectivity index (χ1) is 13.3. The monoisotopic (exact) mass is 390 g/mol. The maximum atomic E-state index is 13.1. The Bertz CT molecular complexity index is 729. The number of nitrogens with zero attached hydrogens (tertiary/aromatic N) is 2. The van der Waals surface area contributed by atoms with Crippen LogP contribution in [0, 0.1) is 19.8 Å². The maximum absolute atomic E-state index is 13.1. The molecule has 0 N–H and O–H groups in total. The summed E-state index contributed by atoms with van der Waals surface area (Å²) in [4.78, 5) is 39.5. The molecule has 1 aliphatic carbocycles. The van der Waals surface area contributed by atoms with Gasteiger partial charge in [0.05, 0.1) is 13.7 Å². The zero-order valence-electron chi connectivity index (χ0n) is 18.0. The lowest BCUT2D eigenvalue weighted by molar-refractivity contribution is -0.130. The number of carbonyl (C=O) groups is 3. The second-order valence-corrected chi connectivity index (χ2v) is 7.69. The SMILES string of the molecule is CCN(CC(=O)c1c(C)c(C(=O)OC)n(CC)c1C)C(=O)CCC1CCCC1. The minimum Gasteiger partial charge on any atom is -0.464 e. The van der Waals surface area contributed by atoms with Crippen LogP contribution in [0.25, 0.3) is 0 Å². The molecule has 0 unspecified atom stereocenters. The van der Waals surface area contributed by atoms with Gasteiger partial charge in [-0.3, -0.25) is 9.59 Å². The van der Waals surface area contributed by atoms with Gasteiger partial charge in [-0.25, -0.2) is 4.79 Å². The molecule has 6 heteroatoms. The van der Waals surface area contributed by atoms with Crippen molar-refractivity contribution >= 4 is 17.7 Å². The third-order valence-corrected chi connectivity index (χ3v) is 6.05. The van der Waals surface area contributed by atoms with Crippen LogP contribution in [-0.4, -0.2) is 47.3 Å². The van der Waals surface area contributed by atoms with Crippen LogP contribution in [0.2, 0.25) is 0 Å². The molecule has 1 amide bonds. The molecule has 156 valence electrons. The number of hydrogen-bond acceptors (Lipinski definition) is 4. The molecule has 1 saturated carbocycles. The highest BCUT2D eigenvalue weighted by Crippen LogP contribution is 2.29. The Morgan fingerprint density at radius 2 is 1.79 bits per heavy atom. The number of likely N-dealkylation sites (N-methyl/N-ethyl adjacent to an activating group) is 1. The molecule has 6 nitrogen and oxygen atoms in total. The van der Waals surface area contributed by atoms with Crippen molar-refractivity contribution in [2.24, 2.45) is 5.92 Å². The normalized spacial score (nSPS) is 14.3. The number of amides is 1. The molecule has 0 spiro atoms. The number of rotatable bonds is 9. The van der Waals surface area contributed by atoms with Crippen molar-refractivity contribution in [1.29, 1.82) is 0 Å². The summed E-state index contributed by atoms with van der Waals surface area (Å²) in [6.45, 7) is 8.57. The fraction of sp³-hybridized carbons (Fsp3) is 0.682. The molecule has 28 heavy (non-hydrogen) atoms. The second kappa shape index (κ2) is 9.89. The van der Waals surface area contributed by atoms with Crippen molar-refractivity contribution in [2.45, 2.75) is 72.8 Å². The van der Waals surface area contributed by atoms with Gasteiger partial charge in [-0.1, -0.05) is 25.7 Å². The average molecular weight is 391 g/mol. The minimum atomic E-state index is -0.443. The Morgan fingerprint density at radius 1 is 1.14 bits per heavy atom. The van der Waals surface area contributed by atoms with Crippen molar-refractivity contribution < 1.29 is 19.1 Å². The zero-order valence-corrected chi connectivity index (χ0v) is 18.0. The van der Waals surface area contributed by atoms with E-state index in [1.165, 1.54) is 32.8 Å². The third-order valence-electron chi connectivity index (χ3n) is 6.05. The number of ether oxygens (including phenoxy) is 1. The van der Waals surface area contributed by atoms with Gasteiger partial charge in [0.15, 0.2) is 5.78 Å². The lowest BCUT2D eigenvalue weighted by Gasteiger charge is -2.21. The molecule has 1 aromatic heterocycles. The Kier molecular flexibility index (Phi) is 7.84. The first-order valence-corrected chi connectivity index (χ1v) is 10.4. The van der Waals surface area contributed by atoms with Gasteiger partial charge < -0.3 is 14.2 Å². The molecule has 1 heterocycles.